The number of carbonyl (C=O) groups is 1. The maximum absolute atomic E-state index is 11.9. The Labute approximate surface area is 124 Å². The summed E-state index contributed by atoms with van der Waals surface area (Å²) in [4.78, 5) is 11.9. The molecule has 0 unspecified atom stereocenters. The van der Waals surface area contributed by atoms with Crippen molar-refractivity contribution >= 4 is 17.5 Å². The number of hydrogen-bond donors (Lipinski definition) is 2. The monoisotopic (exact) mass is 296 g/mol. The average molecular weight is 297 g/mol. The lowest BCUT2D eigenvalue weighted by atomic mass is 10.1. The highest BCUT2D eigenvalue weighted by molar-refractivity contribution is 6.30. The first-order valence-corrected chi connectivity index (χ1v) is 7.34. The lowest BCUT2D eigenvalue weighted by Gasteiger charge is -2.18. The number of amides is 1. The summed E-state index contributed by atoms with van der Waals surface area (Å²) in [6.07, 6.45) is 2.34. The summed E-state index contributed by atoms with van der Waals surface area (Å²) in [5.74, 6) is 0.0923. The molecule has 2 atom stereocenters. The Morgan fingerprint density at radius 1 is 1.40 bits per heavy atom. The van der Waals surface area contributed by atoms with E-state index in [1.165, 1.54) is 5.56 Å². The van der Waals surface area contributed by atoms with Crippen LogP contribution >= 0.6 is 11.6 Å². The van der Waals surface area contributed by atoms with Gasteiger partial charge in [0.25, 0.3) is 0 Å². The maximum atomic E-state index is 11.9. The first-order chi connectivity index (χ1) is 9.69. The number of ether oxygens (including phenoxy) is 1. The van der Waals surface area contributed by atoms with Crippen LogP contribution in [0.25, 0.3) is 0 Å². The fraction of sp³-hybridized carbons (Fsp3) is 0.533. The van der Waals surface area contributed by atoms with Gasteiger partial charge in [-0.15, -0.1) is 0 Å². The van der Waals surface area contributed by atoms with E-state index < -0.39 is 0 Å². The van der Waals surface area contributed by atoms with Crippen molar-refractivity contribution < 1.29 is 9.53 Å². The molecule has 1 amide bonds. The summed E-state index contributed by atoms with van der Waals surface area (Å²) < 4.78 is 5.32. The predicted molar refractivity (Wildman–Crippen MR) is 80.0 cm³/mol. The van der Waals surface area contributed by atoms with E-state index in [1.54, 1.807) is 7.11 Å². The summed E-state index contributed by atoms with van der Waals surface area (Å²) in [5.41, 5.74) is 1.21. The van der Waals surface area contributed by atoms with Crippen molar-refractivity contribution in [1.82, 2.24) is 10.6 Å². The standard InChI is InChI=1S/C15H21ClN2O2/c1-20-14-10-17-9-13(14)18-15(19)4-2-3-11-5-7-12(16)8-6-11/h5-8,13-14,17H,2-4,9-10H2,1H3,(H,18,19)/t13-,14-/m0/s1. The second-order valence-electron chi connectivity index (χ2n) is 5.09. The summed E-state index contributed by atoms with van der Waals surface area (Å²) in [5, 5.41) is 6.98. The first kappa shape index (κ1) is 15.3. The molecule has 0 spiro atoms. The number of methoxy groups -OCH3 is 1. The zero-order valence-electron chi connectivity index (χ0n) is 11.7. The second kappa shape index (κ2) is 7.62. The van der Waals surface area contributed by atoms with Gasteiger partial charge in [-0.05, 0) is 30.5 Å². The number of carbonyl (C=O) groups excluding carboxylic acids is 1. The van der Waals surface area contributed by atoms with Crippen LogP contribution in [0.3, 0.4) is 0 Å². The lowest BCUT2D eigenvalue weighted by molar-refractivity contribution is -0.122. The summed E-state index contributed by atoms with van der Waals surface area (Å²) in [6, 6.07) is 7.85. The zero-order valence-corrected chi connectivity index (χ0v) is 12.5. The molecule has 2 rings (SSSR count). The molecule has 1 saturated heterocycles. The van der Waals surface area contributed by atoms with Crippen molar-refractivity contribution in [3.63, 3.8) is 0 Å². The fourth-order valence-electron chi connectivity index (χ4n) is 2.43. The molecule has 0 bridgehead atoms. The number of nitrogens with one attached hydrogen (secondary N) is 2. The van der Waals surface area contributed by atoms with E-state index in [2.05, 4.69) is 10.6 Å². The van der Waals surface area contributed by atoms with Crippen molar-refractivity contribution in [3.8, 4) is 0 Å². The van der Waals surface area contributed by atoms with Crippen molar-refractivity contribution in [3.05, 3.63) is 34.9 Å². The van der Waals surface area contributed by atoms with E-state index in [-0.39, 0.29) is 18.1 Å². The number of benzene rings is 1. The lowest BCUT2D eigenvalue weighted by Crippen LogP contribution is -2.43. The van der Waals surface area contributed by atoms with Gasteiger partial charge in [0.05, 0.1) is 12.1 Å². The summed E-state index contributed by atoms with van der Waals surface area (Å²) in [7, 11) is 1.68. The first-order valence-electron chi connectivity index (χ1n) is 6.96. The van der Waals surface area contributed by atoms with Gasteiger partial charge in [-0.3, -0.25) is 4.79 Å². The molecule has 1 aromatic rings. The third-order valence-electron chi connectivity index (χ3n) is 3.59. The highest BCUT2D eigenvalue weighted by atomic mass is 35.5. The van der Waals surface area contributed by atoms with Gasteiger partial charge in [0, 0.05) is 31.6 Å². The van der Waals surface area contributed by atoms with E-state index in [1.807, 2.05) is 24.3 Å². The van der Waals surface area contributed by atoms with Crippen LogP contribution in [0.1, 0.15) is 18.4 Å². The highest BCUT2D eigenvalue weighted by Crippen LogP contribution is 2.12. The molecule has 1 fully saturated rings. The molecule has 0 aliphatic carbocycles. The number of halogens is 1. The summed E-state index contributed by atoms with van der Waals surface area (Å²) >= 11 is 5.84. The Hall–Kier alpha value is -1.10. The molecule has 20 heavy (non-hydrogen) atoms. The molecular formula is C15H21ClN2O2. The van der Waals surface area contributed by atoms with E-state index in [0.717, 1.165) is 31.0 Å². The Morgan fingerprint density at radius 2 is 2.15 bits per heavy atom. The van der Waals surface area contributed by atoms with Crippen LogP contribution in [-0.2, 0) is 16.0 Å². The molecule has 1 heterocycles. The predicted octanol–water partition coefficient (Wildman–Crippen LogP) is 1.77. The topological polar surface area (TPSA) is 50.4 Å². The normalized spacial score (nSPS) is 21.9. The van der Waals surface area contributed by atoms with Crippen LogP contribution in [0, 0.1) is 0 Å². The minimum atomic E-state index is 0.0789. The molecule has 1 aliphatic rings. The van der Waals surface area contributed by atoms with Crippen LogP contribution in [-0.4, -0.2) is 38.3 Å². The Bertz CT molecular complexity index is 436. The Kier molecular flexibility index (Phi) is 5.83. The molecular weight excluding hydrogens is 276 g/mol. The van der Waals surface area contributed by atoms with Gasteiger partial charge >= 0.3 is 0 Å². The SMILES string of the molecule is CO[C@H]1CNC[C@@H]1NC(=O)CCCc1ccc(Cl)cc1. The molecule has 0 radical (unpaired) electrons. The van der Waals surface area contributed by atoms with Crippen LogP contribution in [0.4, 0.5) is 0 Å². The molecule has 1 aliphatic heterocycles. The summed E-state index contributed by atoms with van der Waals surface area (Å²) in [6.45, 7) is 1.58. The Balaban J connectivity index is 1.68. The molecule has 2 N–H and O–H groups in total. The zero-order chi connectivity index (χ0) is 14.4. The van der Waals surface area contributed by atoms with E-state index in [0.29, 0.717) is 6.42 Å². The third-order valence-corrected chi connectivity index (χ3v) is 3.84. The molecule has 110 valence electrons. The van der Waals surface area contributed by atoms with Gasteiger partial charge in [0.1, 0.15) is 0 Å². The number of rotatable bonds is 6. The highest BCUT2D eigenvalue weighted by Gasteiger charge is 2.27. The van der Waals surface area contributed by atoms with Crippen LogP contribution in [0.2, 0.25) is 5.02 Å². The van der Waals surface area contributed by atoms with Crippen LogP contribution in [0.15, 0.2) is 24.3 Å². The Morgan fingerprint density at radius 3 is 2.85 bits per heavy atom. The molecule has 0 aromatic heterocycles. The number of aryl methyl sites for hydroxylation is 1. The third kappa shape index (κ3) is 4.47. The van der Waals surface area contributed by atoms with Gasteiger partial charge in [0.15, 0.2) is 0 Å². The van der Waals surface area contributed by atoms with Gasteiger partial charge < -0.3 is 15.4 Å². The van der Waals surface area contributed by atoms with E-state index >= 15 is 0 Å². The average Bonchev–Trinajstić information content (AvgIpc) is 2.88. The van der Waals surface area contributed by atoms with Gasteiger partial charge in [0.2, 0.25) is 5.91 Å². The van der Waals surface area contributed by atoms with E-state index in [9.17, 15) is 4.79 Å². The molecule has 4 nitrogen and oxygen atoms in total. The van der Waals surface area contributed by atoms with Gasteiger partial charge in [-0.25, -0.2) is 0 Å². The van der Waals surface area contributed by atoms with Gasteiger partial charge in [-0.2, -0.15) is 0 Å². The number of hydrogen-bond acceptors (Lipinski definition) is 3. The van der Waals surface area contributed by atoms with Crippen molar-refractivity contribution in [2.24, 2.45) is 0 Å². The van der Waals surface area contributed by atoms with E-state index in [4.69, 9.17) is 16.3 Å². The molecule has 1 aromatic carbocycles. The van der Waals surface area contributed by atoms with Crippen molar-refractivity contribution in [1.29, 1.82) is 0 Å². The second-order valence-corrected chi connectivity index (χ2v) is 5.52. The molecule has 5 heteroatoms. The minimum absolute atomic E-state index is 0.0789. The van der Waals surface area contributed by atoms with Gasteiger partial charge in [-0.1, -0.05) is 23.7 Å². The smallest absolute Gasteiger partial charge is 0.220 e. The van der Waals surface area contributed by atoms with Crippen molar-refractivity contribution in [2.75, 3.05) is 20.2 Å². The van der Waals surface area contributed by atoms with Crippen molar-refractivity contribution in [2.45, 2.75) is 31.4 Å². The minimum Gasteiger partial charge on any atom is -0.378 e. The van der Waals surface area contributed by atoms with Crippen LogP contribution in [0.5, 0.6) is 0 Å². The molecule has 0 saturated carbocycles. The van der Waals surface area contributed by atoms with Crippen LogP contribution < -0.4 is 10.6 Å². The quantitative estimate of drug-likeness (QED) is 0.841. The maximum Gasteiger partial charge on any atom is 0.220 e. The largest absolute Gasteiger partial charge is 0.378 e. The fourth-order valence-corrected chi connectivity index (χ4v) is 2.56.